The number of ether oxygens (including phenoxy) is 3. The van der Waals surface area contributed by atoms with E-state index in [0.29, 0.717) is 12.0 Å². The van der Waals surface area contributed by atoms with E-state index in [9.17, 15) is 4.79 Å². The van der Waals surface area contributed by atoms with E-state index in [1.165, 1.54) is 6.42 Å². The molecule has 4 heteroatoms. The van der Waals surface area contributed by atoms with Crippen LogP contribution < -0.4 is 0 Å². The zero-order chi connectivity index (χ0) is 16.6. The maximum absolute atomic E-state index is 12.4. The van der Waals surface area contributed by atoms with E-state index in [-0.39, 0.29) is 24.3 Å². The van der Waals surface area contributed by atoms with Crippen molar-refractivity contribution in [2.75, 3.05) is 20.0 Å². The van der Waals surface area contributed by atoms with E-state index in [0.717, 1.165) is 38.7 Å². The number of hydrogen-bond acceptors (Lipinski definition) is 4. The Morgan fingerprint density at radius 2 is 1.77 bits per heavy atom. The Morgan fingerprint density at radius 3 is 2.32 bits per heavy atom. The smallest absolute Gasteiger partial charge is 0.313 e. The molecule has 22 heavy (non-hydrogen) atoms. The lowest BCUT2D eigenvalue weighted by atomic mass is 9.79. The molecule has 1 heterocycles. The zero-order valence-electron chi connectivity index (χ0n) is 15.1. The largest absolute Gasteiger partial charge is 0.438 e. The maximum atomic E-state index is 12.4. The molecule has 1 fully saturated rings. The average Bonchev–Trinajstić information content (AvgIpc) is 3.23. The number of carbonyl (C=O) groups is 1. The Bertz CT molecular complexity index is 330. The number of epoxide rings is 1. The molecule has 0 aromatic heterocycles. The molecule has 0 spiro atoms. The summed E-state index contributed by atoms with van der Waals surface area (Å²) in [6, 6.07) is 0. The first-order valence-electron chi connectivity index (χ1n) is 8.63. The Hall–Kier alpha value is -0.610. The summed E-state index contributed by atoms with van der Waals surface area (Å²) in [6.45, 7) is 12.2. The Balaban J connectivity index is 2.29. The summed E-state index contributed by atoms with van der Waals surface area (Å²) in [5.74, 6) is -0.123. The second-order valence-corrected chi connectivity index (χ2v) is 7.95. The Kier molecular flexibility index (Phi) is 7.84. The van der Waals surface area contributed by atoms with E-state index in [1.54, 1.807) is 0 Å². The van der Waals surface area contributed by atoms with Gasteiger partial charge in [-0.25, -0.2) is 0 Å². The lowest BCUT2D eigenvalue weighted by Gasteiger charge is -2.27. The van der Waals surface area contributed by atoms with E-state index >= 15 is 0 Å². The highest BCUT2D eigenvalue weighted by molar-refractivity contribution is 5.76. The summed E-state index contributed by atoms with van der Waals surface area (Å²) in [7, 11) is 0. The summed E-state index contributed by atoms with van der Waals surface area (Å²) in [4.78, 5) is 12.4. The summed E-state index contributed by atoms with van der Waals surface area (Å²) >= 11 is 0. The Labute approximate surface area is 135 Å². The third kappa shape index (κ3) is 8.14. The quantitative estimate of drug-likeness (QED) is 0.247. The molecule has 0 saturated carbocycles. The highest BCUT2D eigenvalue weighted by Crippen LogP contribution is 2.33. The van der Waals surface area contributed by atoms with Crippen LogP contribution in [0.15, 0.2) is 0 Å². The third-order valence-electron chi connectivity index (χ3n) is 4.18. The van der Waals surface area contributed by atoms with E-state index in [2.05, 4.69) is 27.7 Å². The monoisotopic (exact) mass is 314 g/mol. The third-order valence-corrected chi connectivity index (χ3v) is 4.18. The number of esters is 1. The fourth-order valence-electron chi connectivity index (χ4n) is 2.66. The van der Waals surface area contributed by atoms with Gasteiger partial charge in [0.2, 0.25) is 0 Å². The molecule has 2 atom stereocenters. The molecule has 1 saturated heterocycles. The van der Waals surface area contributed by atoms with Gasteiger partial charge in [-0.3, -0.25) is 4.79 Å². The molecule has 1 aliphatic rings. The SMILES string of the molecule is CCCC(C)(CCCCC(C)(C)C)C(=O)OCOCC1CO1. The van der Waals surface area contributed by atoms with Crippen LogP contribution in [0.5, 0.6) is 0 Å². The van der Waals surface area contributed by atoms with Crippen LogP contribution in [-0.4, -0.2) is 32.1 Å². The lowest BCUT2D eigenvalue weighted by molar-refractivity contribution is -0.169. The molecular weight excluding hydrogens is 280 g/mol. The molecule has 0 amide bonds. The van der Waals surface area contributed by atoms with Crippen LogP contribution in [0.2, 0.25) is 0 Å². The van der Waals surface area contributed by atoms with E-state index in [1.807, 2.05) is 6.92 Å². The molecular formula is C18H34O4. The van der Waals surface area contributed by atoms with Crippen molar-refractivity contribution < 1.29 is 19.0 Å². The first kappa shape index (κ1) is 19.4. The maximum Gasteiger partial charge on any atom is 0.313 e. The molecule has 4 nitrogen and oxygen atoms in total. The number of hydrogen-bond donors (Lipinski definition) is 0. The number of carbonyl (C=O) groups excluding carboxylic acids is 1. The minimum absolute atomic E-state index is 0.0417. The van der Waals surface area contributed by atoms with Crippen LogP contribution in [0.25, 0.3) is 0 Å². The van der Waals surface area contributed by atoms with Crippen molar-refractivity contribution >= 4 is 5.97 Å². The van der Waals surface area contributed by atoms with Crippen LogP contribution in [0.1, 0.15) is 73.1 Å². The highest BCUT2D eigenvalue weighted by atomic mass is 16.7. The van der Waals surface area contributed by atoms with Gasteiger partial charge < -0.3 is 14.2 Å². The highest BCUT2D eigenvalue weighted by Gasteiger charge is 2.33. The van der Waals surface area contributed by atoms with Gasteiger partial charge in [-0.15, -0.1) is 0 Å². The van der Waals surface area contributed by atoms with E-state index < -0.39 is 0 Å². The molecule has 130 valence electrons. The van der Waals surface area contributed by atoms with Gasteiger partial charge in [0.15, 0.2) is 6.79 Å². The minimum atomic E-state index is -0.383. The fourth-order valence-corrected chi connectivity index (χ4v) is 2.66. The molecule has 0 aliphatic carbocycles. The molecule has 0 radical (unpaired) electrons. The van der Waals surface area contributed by atoms with Crippen LogP contribution >= 0.6 is 0 Å². The summed E-state index contributed by atoms with van der Waals surface area (Å²) in [6.07, 6.45) is 6.37. The van der Waals surface area contributed by atoms with Crippen molar-refractivity contribution in [3.63, 3.8) is 0 Å². The molecule has 0 aromatic carbocycles. The number of rotatable bonds is 11. The number of unbranched alkanes of at least 4 members (excludes halogenated alkanes) is 1. The Morgan fingerprint density at radius 1 is 1.14 bits per heavy atom. The normalized spacial score (nSPS) is 20.5. The summed E-state index contributed by atoms with van der Waals surface area (Å²) in [5, 5.41) is 0. The van der Waals surface area contributed by atoms with Crippen molar-refractivity contribution in [3.8, 4) is 0 Å². The predicted molar refractivity (Wildman–Crippen MR) is 87.6 cm³/mol. The molecule has 1 rings (SSSR count). The molecule has 0 bridgehead atoms. The van der Waals surface area contributed by atoms with Gasteiger partial charge in [0.1, 0.15) is 6.10 Å². The van der Waals surface area contributed by atoms with Crippen LogP contribution in [-0.2, 0) is 19.0 Å². The van der Waals surface area contributed by atoms with Crippen LogP contribution in [0, 0.1) is 10.8 Å². The summed E-state index contributed by atoms with van der Waals surface area (Å²) in [5.41, 5.74) is -0.0214. The zero-order valence-corrected chi connectivity index (χ0v) is 15.1. The van der Waals surface area contributed by atoms with Gasteiger partial charge in [0, 0.05) is 0 Å². The van der Waals surface area contributed by atoms with Crippen molar-refractivity contribution in [1.29, 1.82) is 0 Å². The van der Waals surface area contributed by atoms with Gasteiger partial charge in [0.25, 0.3) is 0 Å². The second-order valence-electron chi connectivity index (χ2n) is 7.95. The predicted octanol–water partition coefficient (Wildman–Crippen LogP) is 4.32. The van der Waals surface area contributed by atoms with Crippen molar-refractivity contribution in [1.82, 2.24) is 0 Å². The first-order valence-corrected chi connectivity index (χ1v) is 8.63. The first-order chi connectivity index (χ1) is 10.3. The van der Waals surface area contributed by atoms with Crippen molar-refractivity contribution in [3.05, 3.63) is 0 Å². The van der Waals surface area contributed by atoms with Gasteiger partial charge in [-0.1, -0.05) is 47.0 Å². The fraction of sp³-hybridized carbons (Fsp3) is 0.944. The topological polar surface area (TPSA) is 48.1 Å². The van der Waals surface area contributed by atoms with Gasteiger partial charge in [-0.2, -0.15) is 0 Å². The summed E-state index contributed by atoms with van der Waals surface area (Å²) < 4.78 is 15.7. The standard InChI is InChI=1S/C18H34O4/c1-6-9-18(5,11-8-7-10-17(2,3)4)16(19)22-14-20-12-15-13-21-15/h15H,6-14H2,1-5H3. The van der Waals surface area contributed by atoms with Gasteiger partial charge in [0.05, 0.1) is 18.6 Å². The molecule has 0 N–H and O–H groups in total. The van der Waals surface area contributed by atoms with Crippen molar-refractivity contribution in [2.45, 2.75) is 79.2 Å². The van der Waals surface area contributed by atoms with Crippen molar-refractivity contribution in [2.24, 2.45) is 10.8 Å². The lowest BCUT2D eigenvalue weighted by Crippen LogP contribution is -2.31. The molecule has 2 unspecified atom stereocenters. The van der Waals surface area contributed by atoms with Crippen LogP contribution in [0.3, 0.4) is 0 Å². The van der Waals surface area contributed by atoms with Crippen LogP contribution in [0.4, 0.5) is 0 Å². The molecule has 1 aliphatic heterocycles. The van der Waals surface area contributed by atoms with Gasteiger partial charge >= 0.3 is 5.97 Å². The average molecular weight is 314 g/mol. The second kappa shape index (κ2) is 8.88. The minimum Gasteiger partial charge on any atom is -0.438 e. The molecule has 0 aromatic rings. The van der Waals surface area contributed by atoms with E-state index in [4.69, 9.17) is 14.2 Å². The van der Waals surface area contributed by atoms with Gasteiger partial charge in [-0.05, 0) is 31.6 Å².